The predicted octanol–water partition coefficient (Wildman–Crippen LogP) is 4.98. The average Bonchev–Trinajstić information content (AvgIpc) is 2.60. The molecule has 0 aliphatic heterocycles. The van der Waals surface area contributed by atoms with Crippen molar-refractivity contribution in [1.29, 1.82) is 0 Å². The number of hydrogen-bond acceptors (Lipinski definition) is 5. The molecule has 3 rings (SSSR count). The summed E-state index contributed by atoms with van der Waals surface area (Å²) >= 11 is 0. The van der Waals surface area contributed by atoms with Crippen LogP contribution in [0.4, 0.5) is 11.4 Å². The molecular weight excluding hydrogens is 292 g/mol. The molecule has 0 unspecified atom stereocenters. The van der Waals surface area contributed by atoms with Gasteiger partial charge in [0, 0.05) is 5.39 Å². The fourth-order valence-electron chi connectivity index (χ4n) is 2.42. The number of rotatable bonds is 4. The van der Waals surface area contributed by atoms with Gasteiger partial charge in [0.25, 0.3) is 0 Å². The van der Waals surface area contributed by atoms with Crippen molar-refractivity contribution >= 4 is 22.1 Å². The second-order valence-corrected chi connectivity index (χ2v) is 4.87. The Morgan fingerprint density at radius 1 is 0.739 bits per heavy atom. The zero-order valence-corrected chi connectivity index (χ0v) is 12.9. The molecule has 0 aliphatic rings. The van der Waals surface area contributed by atoms with Crippen molar-refractivity contribution in [3.63, 3.8) is 0 Å². The molecule has 23 heavy (non-hydrogen) atoms. The molecule has 0 aliphatic carbocycles. The van der Waals surface area contributed by atoms with Gasteiger partial charge in [0.15, 0.2) is 11.5 Å². The average molecular weight is 308 g/mol. The lowest BCUT2D eigenvalue weighted by atomic mass is 10.1. The Kier molecular flexibility index (Phi) is 4.10. The van der Waals surface area contributed by atoms with E-state index < -0.39 is 0 Å². The van der Waals surface area contributed by atoms with Crippen molar-refractivity contribution in [2.75, 3.05) is 14.2 Å². The number of phenolic OH excluding ortho intramolecular Hbond substituents is 1. The highest BCUT2D eigenvalue weighted by Gasteiger charge is 2.14. The number of hydrogen-bond donors (Lipinski definition) is 1. The molecule has 3 aromatic rings. The highest BCUT2D eigenvalue weighted by Crippen LogP contribution is 2.44. The largest absolute Gasteiger partial charge is 0.504 e. The van der Waals surface area contributed by atoms with E-state index in [1.165, 1.54) is 20.3 Å². The molecule has 0 saturated carbocycles. The van der Waals surface area contributed by atoms with Gasteiger partial charge in [-0.1, -0.05) is 36.4 Å². The van der Waals surface area contributed by atoms with Crippen molar-refractivity contribution in [1.82, 2.24) is 0 Å². The second-order valence-electron chi connectivity index (χ2n) is 4.87. The minimum atomic E-state index is -0.00605. The minimum absolute atomic E-state index is 0.00605. The number of ether oxygens (including phenoxy) is 2. The van der Waals surface area contributed by atoms with Crippen LogP contribution in [0.5, 0.6) is 17.2 Å². The zero-order chi connectivity index (χ0) is 16.2. The number of aromatic hydroxyl groups is 1. The molecule has 0 aromatic heterocycles. The molecule has 116 valence electrons. The Morgan fingerprint density at radius 3 is 2.22 bits per heavy atom. The Bertz CT molecular complexity index is 870. The summed E-state index contributed by atoms with van der Waals surface area (Å²) in [5.41, 5.74) is 1.24. The molecular formula is C18H16N2O3. The van der Waals surface area contributed by atoms with Crippen LogP contribution in [0.15, 0.2) is 64.8 Å². The van der Waals surface area contributed by atoms with Gasteiger partial charge in [-0.2, -0.15) is 0 Å². The monoisotopic (exact) mass is 308 g/mol. The topological polar surface area (TPSA) is 63.4 Å². The minimum Gasteiger partial charge on any atom is -0.504 e. The fraction of sp³-hybridized carbons (Fsp3) is 0.111. The number of benzene rings is 3. The SMILES string of the molecule is COc1c(O)ccc(N=Nc2cccc3ccccc23)c1OC. The summed E-state index contributed by atoms with van der Waals surface area (Å²) in [5, 5.41) is 20.5. The van der Waals surface area contributed by atoms with Gasteiger partial charge in [-0.3, -0.25) is 0 Å². The number of methoxy groups -OCH3 is 2. The first-order chi connectivity index (χ1) is 11.2. The van der Waals surface area contributed by atoms with E-state index in [-0.39, 0.29) is 11.5 Å². The highest BCUT2D eigenvalue weighted by molar-refractivity contribution is 5.92. The lowest BCUT2D eigenvalue weighted by molar-refractivity contribution is 0.334. The summed E-state index contributed by atoms with van der Waals surface area (Å²) in [5.74, 6) is 0.576. The van der Waals surface area contributed by atoms with Gasteiger partial charge in [-0.25, -0.2) is 0 Å². The molecule has 1 N–H and O–H groups in total. The van der Waals surface area contributed by atoms with Gasteiger partial charge < -0.3 is 14.6 Å². The summed E-state index contributed by atoms with van der Waals surface area (Å²) in [6.07, 6.45) is 0. The summed E-state index contributed by atoms with van der Waals surface area (Å²) in [7, 11) is 2.96. The van der Waals surface area contributed by atoms with Crippen molar-refractivity contribution in [2.45, 2.75) is 0 Å². The highest BCUT2D eigenvalue weighted by atomic mass is 16.5. The van der Waals surface area contributed by atoms with Crippen molar-refractivity contribution < 1.29 is 14.6 Å². The normalized spacial score (nSPS) is 11.0. The van der Waals surface area contributed by atoms with Crippen LogP contribution in [-0.2, 0) is 0 Å². The first kappa shape index (κ1) is 14.8. The van der Waals surface area contributed by atoms with E-state index in [4.69, 9.17) is 9.47 Å². The maximum absolute atomic E-state index is 9.80. The molecule has 0 heterocycles. The van der Waals surface area contributed by atoms with Crippen molar-refractivity contribution in [2.24, 2.45) is 10.2 Å². The maximum atomic E-state index is 9.80. The molecule has 0 atom stereocenters. The van der Waals surface area contributed by atoms with Crippen molar-refractivity contribution in [3.05, 3.63) is 54.6 Å². The van der Waals surface area contributed by atoms with E-state index in [9.17, 15) is 5.11 Å². The Hall–Kier alpha value is -3.08. The summed E-state index contributed by atoms with van der Waals surface area (Å²) in [6, 6.07) is 17.0. The first-order valence-electron chi connectivity index (χ1n) is 7.08. The number of azo groups is 1. The molecule has 0 fully saturated rings. The lowest BCUT2D eigenvalue weighted by Crippen LogP contribution is -1.91. The van der Waals surface area contributed by atoms with E-state index in [1.807, 2.05) is 42.5 Å². The van der Waals surface area contributed by atoms with Gasteiger partial charge in [0.2, 0.25) is 5.75 Å². The van der Waals surface area contributed by atoms with Crippen LogP contribution in [-0.4, -0.2) is 19.3 Å². The molecule has 0 bridgehead atoms. The third-order valence-electron chi connectivity index (χ3n) is 3.51. The number of nitrogens with zero attached hydrogens (tertiary/aromatic N) is 2. The molecule has 0 radical (unpaired) electrons. The summed E-state index contributed by atoms with van der Waals surface area (Å²) < 4.78 is 10.4. The molecule has 5 heteroatoms. The predicted molar refractivity (Wildman–Crippen MR) is 89.3 cm³/mol. The Labute approximate surface area is 133 Å². The van der Waals surface area contributed by atoms with Crippen LogP contribution in [0.1, 0.15) is 0 Å². The van der Waals surface area contributed by atoms with Crippen LogP contribution in [0.25, 0.3) is 10.8 Å². The van der Waals surface area contributed by atoms with Crippen LogP contribution in [0.3, 0.4) is 0 Å². The van der Waals surface area contributed by atoms with Crippen molar-refractivity contribution in [3.8, 4) is 17.2 Å². The smallest absolute Gasteiger partial charge is 0.205 e. The molecule has 0 saturated heterocycles. The third-order valence-corrected chi connectivity index (χ3v) is 3.51. The van der Waals surface area contributed by atoms with E-state index in [0.29, 0.717) is 11.4 Å². The Balaban J connectivity index is 2.06. The van der Waals surface area contributed by atoms with E-state index in [1.54, 1.807) is 6.07 Å². The van der Waals surface area contributed by atoms with E-state index in [2.05, 4.69) is 10.2 Å². The Morgan fingerprint density at radius 2 is 1.43 bits per heavy atom. The van der Waals surface area contributed by atoms with Gasteiger partial charge >= 0.3 is 0 Å². The van der Waals surface area contributed by atoms with Gasteiger partial charge in [0.05, 0.1) is 19.9 Å². The summed E-state index contributed by atoms with van der Waals surface area (Å²) in [4.78, 5) is 0. The first-order valence-corrected chi connectivity index (χ1v) is 7.08. The van der Waals surface area contributed by atoms with E-state index >= 15 is 0 Å². The molecule has 3 aromatic carbocycles. The van der Waals surface area contributed by atoms with Gasteiger partial charge in [-0.05, 0) is 23.6 Å². The molecule has 5 nitrogen and oxygen atoms in total. The van der Waals surface area contributed by atoms with E-state index in [0.717, 1.165) is 16.5 Å². The molecule has 0 amide bonds. The van der Waals surface area contributed by atoms with Crippen LogP contribution < -0.4 is 9.47 Å². The fourth-order valence-corrected chi connectivity index (χ4v) is 2.42. The van der Waals surface area contributed by atoms with Crippen LogP contribution in [0.2, 0.25) is 0 Å². The summed E-state index contributed by atoms with van der Waals surface area (Å²) in [6.45, 7) is 0. The third kappa shape index (κ3) is 2.81. The second kappa shape index (κ2) is 6.36. The van der Waals surface area contributed by atoms with Gasteiger partial charge in [-0.15, -0.1) is 10.2 Å². The lowest BCUT2D eigenvalue weighted by Gasteiger charge is -2.10. The quantitative estimate of drug-likeness (QED) is 0.691. The maximum Gasteiger partial charge on any atom is 0.205 e. The van der Waals surface area contributed by atoms with Gasteiger partial charge in [0.1, 0.15) is 5.69 Å². The molecule has 0 spiro atoms. The van der Waals surface area contributed by atoms with Crippen LogP contribution >= 0.6 is 0 Å². The van der Waals surface area contributed by atoms with Crippen LogP contribution in [0, 0.1) is 0 Å². The standard InChI is InChI=1S/C18H16N2O3/c1-22-17-15(10-11-16(21)18(17)23-2)20-19-14-9-5-7-12-6-3-4-8-13(12)14/h3-11,21H,1-2H3. The number of fused-ring (bicyclic) bond motifs is 1. The number of phenols is 1. The zero-order valence-electron chi connectivity index (χ0n) is 12.9.